The Labute approximate surface area is 91.3 Å². The van der Waals surface area contributed by atoms with Crippen LogP contribution < -0.4 is 4.74 Å². The third kappa shape index (κ3) is 2.76. The molecular formula is C13H20O. The van der Waals surface area contributed by atoms with Crippen molar-refractivity contribution in [3.63, 3.8) is 0 Å². The van der Waals surface area contributed by atoms with Crippen molar-refractivity contribution < 1.29 is 8.85 Å². The molecule has 14 heavy (non-hydrogen) atoms. The van der Waals surface area contributed by atoms with Gasteiger partial charge in [0.2, 0.25) is 0 Å². The summed E-state index contributed by atoms with van der Waals surface area (Å²) in [7, 11) is 0. The summed E-state index contributed by atoms with van der Waals surface area (Å²) in [5.41, 5.74) is 1.70. The maximum Gasteiger partial charge on any atom is 0.125 e. The Bertz CT molecular complexity index is 414. The molecule has 0 aliphatic heterocycles. The Morgan fingerprint density at radius 1 is 1.14 bits per heavy atom. The Morgan fingerprint density at radius 2 is 1.71 bits per heavy atom. The molecule has 1 nitrogen and oxygen atoms in total. The highest BCUT2D eigenvalue weighted by Gasteiger charge is 2.15. The molecule has 1 aromatic rings. The van der Waals surface area contributed by atoms with E-state index in [9.17, 15) is 0 Å². The van der Waals surface area contributed by atoms with Crippen LogP contribution >= 0.6 is 0 Å². The van der Waals surface area contributed by atoms with E-state index >= 15 is 0 Å². The van der Waals surface area contributed by atoms with Crippen LogP contribution in [-0.4, -0.2) is 5.60 Å². The quantitative estimate of drug-likeness (QED) is 0.662. The second kappa shape index (κ2) is 3.64. The minimum Gasteiger partial charge on any atom is -0.488 e. The van der Waals surface area contributed by atoms with Crippen molar-refractivity contribution >= 4 is 0 Å². The van der Waals surface area contributed by atoms with Crippen LogP contribution in [0.15, 0.2) is 12.1 Å². The van der Waals surface area contributed by atoms with Crippen LogP contribution in [0.5, 0.6) is 5.75 Å². The normalized spacial score (nSPS) is 15.6. The predicted octanol–water partition coefficient (Wildman–Crippen LogP) is 3.79. The molecule has 0 saturated carbocycles. The summed E-state index contributed by atoms with van der Waals surface area (Å²) in [5.74, 6) is 0.489. The van der Waals surface area contributed by atoms with Crippen molar-refractivity contribution in [3.8, 4) is 5.75 Å². The maximum atomic E-state index is 7.57. The highest BCUT2D eigenvalue weighted by atomic mass is 16.5. The largest absolute Gasteiger partial charge is 0.488 e. The summed E-state index contributed by atoms with van der Waals surface area (Å²) in [6.45, 7) is 7.37. The van der Waals surface area contributed by atoms with Gasteiger partial charge in [-0.25, -0.2) is 0 Å². The third-order valence-electron chi connectivity index (χ3n) is 1.83. The van der Waals surface area contributed by atoms with Gasteiger partial charge >= 0.3 is 0 Å². The van der Waals surface area contributed by atoms with Gasteiger partial charge in [0, 0.05) is 4.11 Å². The Morgan fingerprint density at radius 3 is 2.21 bits per heavy atom. The molecule has 1 rings (SSSR count). The van der Waals surface area contributed by atoms with Crippen LogP contribution in [0.2, 0.25) is 0 Å². The van der Waals surface area contributed by atoms with Crippen molar-refractivity contribution in [2.45, 2.75) is 47.1 Å². The van der Waals surface area contributed by atoms with Crippen molar-refractivity contribution in [1.82, 2.24) is 0 Å². The van der Waals surface area contributed by atoms with E-state index in [2.05, 4.69) is 0 Å². The van der Waals surface area contributed by atoms with Crippen molar-refractivity contribution in [1.29, 1.82) is 0 Å². The van der Waals surface area contributed by atoms with Crippen LogP contribution in [0.1, 0.15) is 41.6 Å². The van der Waals surface area contributed by atoms with Gasteiger partial charge in [-0.15, -0.1) is 0 Å². The molecule has 1 aromatic carbocycles. The lowest BCUT2D eigenvalue weighted by Crippen LogP contribution is -2.24. The van der Waals surface area contributed by atoms with Crippen LogP contribution in [0.4, 0.5) is 0 Å². The van der Waals surface area contributed by atoms with E-state index in [4.69, 9.17) is 8.85 Å². The summed E-state index contributed by atoms with van der Waals surface area (Å²) in [6.07, 6.45) is 0. The first-order valence-corrected chi connectivity index (χ1v) is 4.81. The van der Waals surface area contributed by atoms with Crippen molar-refractivity contribution in [3.05, 3.63) is 28.8 Å². The molecule has 0 bridgehead atoms. The molecule has 0 radical (unpaired) electrons. The highest BCUT2D eigenvalue weighted by Crippen LogP contribution is 2.27. The van der Waals surface area contributed by atoms with E-state index in [-0.39, 0.29) is 0 Å². The fourth-order valence-electron chi connectivity index (χ4n) is 1.40. The molecule has 0 aliphatic rings. The molecule has 0 atom stereocenters. The molecule has 0 fully saturated rings. The molecule has 0 heterocycles. The van der Waals surface area contributed by atoms with Gasteiger partial charge in [-0.1, -0.05) is 17.7 Å². The van der Waals surface area contributed by atoms with E-state index in [1.807, 2.05) is 40.7 Å². The molecule has 0 saturated heterocycles. The standard InChI is InChI=1S/C13H20O/c1-9-7-10(2)12(11(3)8-9)14-13(4,5)6/h7-8H,1-6H3/i2D3. The van der Waals surface area contributed by atoms with Gasteiger partial charge in [0.15, 0.2) is 0 Å². The lowest BCUT2D eigenvalue weighted by atomic mass is 10.1. The predicted molar refractivity (Wildman–Crippen MR) is 61.0 cm³/mol. The van der Waals surface area contributed by atoms with Gasteiger partial charge in [-0.3, -0.25) is 0 Å². The summed E-state index contributed by atoms with van der Waals surface area (Å²) in [5, 5.41) is 0. The lowest BCUT2D eigenvalue weighted by Gasteiger charge is -2.24. The van der Waals surface area contributed by atoms with E-state index in [0.717, 1.165) is 11.1 Å². The Kier molecular flexibility index (Phi) is 1.91. The fraction of sp³-hybridized carbons (Fsp3) is 0.538. The lowest BCUT2D eigenvalue weighted by molar-refractivity contribution is 0.128. The summed E-state index contributed by atoms with van der Waals surface area (Å²) in [4.78, 5) is 0. The minimum absolute atomic E-state index is 0.296. The number of benzene rings is 1. The fourth-order valence-corrected chi connectivity index (χ4v) is 1.40. The summed E-state index contributed by atoms with van der Waals surface area (Å²) < 4.78 is 28.5. The molecule has 1 heteroatoms. The first-order chi connectivity index (χ1) is 7.50. The van der Waals surface area contributed by atoms with Crippen LogP contribution in [0.25, 0.3) is 0 Å². The zero-order valence-corrected chi connectivity index (χ0v) is 9.56. The van der Waals surface area contributed by atoms with Crippen molar-refractivity contribution in [2.24, 2.45) is 0 Å². The first-order valence-electron chi connectivity index (χ1n) is 6.31. The average molecular weight is 195 g/mol. The minimum atomic E-state index is -2.14. The van der Waals surface area contributed by atoms with E-state index in [0.29, 0.717) is 11.3 Å². The zero-order valence-electron chi connectivity index (χ0n) is 12.6. The second-order valence-corrected chi connectivity index (χ2v) is 4.67. The number of hydrogen-bond acceptors (Lipinski definition) is 1. The van der Waals surface area contributed by atoms with E-state index < -0.39 is 12.5 Å². The average Bonchev–Trinajstić information content (AvgIpc) is 2.05. The monoisotopic (exact) mass is 195 g/mol. The SMILES string of the molecule is [2H]C([2H])([2H])c1cc(C)cc(C)c1OC(C)(C)C. The third-order valence-corrected chi connectivity index (χ3v) is 1.83. The molecule has 0 amide bonds. The van der Waals surface area contributed by atoms with Gasteiger partial charge in [-0.2, -0.15) is 0 Å². The Hall–Kier alpha value is -0.980. The number of aryl methyl sites for hydroxylation is 3. The van der Waals surface area contributed by atoms with Gasteiger partial charge < -0.3 is 4.74 Å². The summed E-state index contributed by atoms with van der Waals surface area (Å²) >= 11 is 0. The second-order valence-electron chi connectivity index (χ2n) is 4.67. The molecule has 0 spiro atoms. The van der Waals surface area contributed by atoms with Crippen LogP contribution in [0, 0.1) is 20.7 Å². The zero-order chi connectivity index (χ0) is 13.4. The maximum absolute atomic E-state index is 7.57. The van der Waals surface area contributed by atoms with Gasteiger partial charge in [0.05, 0.1) is 0 Å². The van der Waals surface area contributed by atoms with E-state index in [1.54, 1.807) is 6.07 Å². The topological polar surface area (TPSA) is 9.23 Å². The number of rotatable bonds is 1. The molecule has 0 N–H and O–H groups in total. The van der Waals surface area contributed by atoms with E-state index in [1.165, 1.54) is 0 Å². The molecule has 0 aromatic heterocycles. The smallest absolute Gasteiger partial charge is 0.125 e. The molecular weight excluding hydrogens is 172 g/mol. The number of ether oxygens (including phenoxy) is 1. The van der Waals surface area contributed by atoms with Gasteiger partial charge in [0.25, 0.3) is 0 Å². The van der Waals surface area contributed by atoms with Crippen LogP contribution in [0.3, 0.4) is 0 Å². The van der Waals surface area contributed by atoms with Crippen molar-refractivity contribution in [2.75, 3.05) is 0 Å². The van der Waals surface area contributed by atoms with Gasteiger partial charge in [0.1, 0.15) is 11.4 Å². The first kappa shape index (κ1) is 7.33. The highest BCUT2D eigenvalue weighted by molar-refractivity contribution is 5.43. The molecule has 0 unspecified atom stereocenters. The number of hydrogen-bond donors (Lipinski definition) is 0. The summed E-state index contributed by atoms with van der Waals surface area (Å²) in [6, 6.07) is 3.62. The molecule has 0 aliphatic carbocycles. The molecule has 78 valence electrons. The Balaban J connectivity index is 3.36. The van der Waals surface area contributed by atoms with Gasteiger partial charge in [-0.05, 0) is 52.6 Å². The van der Waals surface area contributed by atoms with Crippen LogP contribution in [-0.2, 0) is 0 Å².